The Morgan fingerprint density at radius 3 is 2.38 bits per heavy atom. The molecule has 2 aromatic rings. The first-order chi connectivity index (χ1) is 10.1. The first-order valence-corrected chi connectivity index (χ1v) is 7.16. The number of nitrogens with zero attached hydrogens (tertiary/aromatic N) is 1. The van der Waals surface area contributed by atoms with Gasteiger partial charge in [-0.2, -0.15) is 0 Å². The van der Waals surface area contributed by atoms with E-state index in [4.69, 9.17) is 0 Å². The minimum Gasteiger partial charge on any atom is -0.314 e. The molecule has 3 rings (SSSR count). The highest BCUT2D eigenvalue weighted by Crippen LogP contribution is 2.49. The Hall–Kier alpha value is -2.35. The number of allylic oxidation sites excluding steroid dienone is 1. The Balaban J connectivity index is 2.20. The third-order valence-electron chi connectivity index (χ3n) is 4.59. The van der Waals surface area contributed by atoms with E-state index in [0.717, 1.165) is 16.8 Å². The molecular weight excluding hydrogens is 258 g/mol. The van der Waals surface area contributed by atoms with Crippen molar-refractivity contribution in [2.24, 2.45) is 0 Å². The number of hydrogen-bond donors (Lipinski definition) is 0. The molecule has 2 heteroatoms. The molecule has 0 saturated carbocycles. The molecule has 1 heterocycles. The summed E-state index contributed by atoms with van der Waals surface area (Å²) in [5.41, 5.74) is 2.58. The molecule has 0 bridgehead atoms. The van der Waals surface area contributed by atoms with Gasteiger partial charge in [0.2, 0.25) is 5.91 Å². The van der Waals surface area contributed by atoms with Gasteiger partial charge in [0, 0.05) is 18.7 Å². The van der Waals surface area contributed by atoms with Crippen molar-refractivity contribution in [2.75, 3.05) is 11.9 Å². The van der Waals surface area contributed by atoms with Crippen LogP contribution in [0.5, 0.6) is 0 Å². The SMILES string of the molecule is C=C[C@H](c1ccccc1)[C@@]1(C)C(=O)N(C)c2ccccc21. The van der Waals surface area contributed by atoms with Crippen molar-refractivity contribution in [2.45, 2.75) is 18.3 Å². The van der Waals surface area contributed by atoms with Gasteiger partial charge in [-0.25, -0.2) is 0 Å². The van der Waals surface area contributed by atoms with Gasteiger partial charge < -0.3 is 4.90 Å². The zero-order valence-electron chi connectivity index (χ0n) is 12.4. The van der Waals surface area contributed by atoms with Gasteiger partial charge in [-0.15, -0.1) is 6.58 Å². The van der Waals surface area contributed by atoms with Crippen LogP contribution in [0.1, 0.15) is 24.0 Å². The van der Waals surface area contributed by atoms with Gasteiger partial charge in [0.05, 0.1) is 5.41 Å². The number of carbonyl (C=O) groups excluding carboxylic acids is 1. The highest BCUT2D eigenvalue weighted by molar-refractivity contribution is 6.08. The quantitative estimate of drug-likeness (QED) is 0.779. The van der Waals surface area contributed by atoms with Gasteiger partial charge in [-0.1, -0.05) is 54.6 Å². The minimum absolute atomic E-state index is 0.0442. The maximum absolute atomic E-state index is 12.9. The van der Waals surface area contributed by atoms with E-state index in [1.54, 1.807) is 4.90 Å². The second kappa shape index (κ2) is 4.88. The lowest BCUT2D eigenvalue weighted by atomic mass is 9.69. The standard InChI is InChI=1S/C19H19NO/c1-4-15(14-10-6-5-7-11-14)19(2)16-12-8-9-13-17(16)20(3)18(19)21/h4-13,15H,1H2,2-3H3/t15-,19-/m1/s1. The molecule has 1 amide bonds. The molecular formula is C19H19NO. The van der Waals surface area contributed by atoms with Gasteiger partial charge in [0.15, 0.2) is 0 Å². The van der Waals surface area contributed by atoms with Crippen molar-refractivity contribution in [3.63, 3.8) is 0 Å². The molecule has 0 aromatic heterocycles. The normalized spacial score (nSPS) is 22.0. The number of para-hydroxylation sites is 1. The first kappa shape index (κ1) is 13.6. The molecule has 0 fully saturated rings. The summed E-state index contributed by atoms with van der Waals surface area (Å²) in [6, 6.07) is 18.1. The Bertz CT molecular complexity index is 692. The summed E-state index contributed by atoms with van der Waals surface area (Å²) in [6.45, 7) is 6.01. The molecule has 0 radical (unpaired) electrons. The zero-order chi connectivity index (χ0) is 15.0. The summed E-state index contributed by atoms with van der Waals surface area (Å²) in [5.74, 6) is 0.0785. The van der Waals surface area contributed by atoms with Crippen LogP contribution in [-0.4, -0.2) is 13.0 Å². The smallest absolute Gasteiger partial charge is 0.238 e. The van der Waals surface area contributed by atoms with Crippen LogP contribution >= 0.6 is 0 Å². The number of amides is 1. The lowest BCUT2D eigenvalue weighted by Gasteiger charge is -2.31. The maximum Gasteiger partial charge on any atom is 0.238 e. The molecule has 2 atom stereocenters. The van der Waals surface area contributed by atoms with Crippen LogP contribution in [0.2, 0.25) is 0 Å². The first-order valence-electron chi connectivity index (χ1n) is 7.16. The molecule has 2 aromatic carbocycles. The summed E-state index contributed by atoms with van der Waals surface area (Å²) in [7, 11) is 1.84. The number of anilines is 1. The Morgan fingerprint density at radius 1 is 1.10 bits per heavy atom. The van der Waals surface area contributed by atoms with Crippen molar-refractivity contribution < 1.29 is 4.79 Å². The van der Waals surface area contributed by atoms with E-state index in [-0.39, 0.29) is 11.8 Å². The van der Waals surface area contributed by atoms with Crippen LogP contribution in [0.25, 0.3) is 0 Å². The average Bonchev–Trinajstić information content (AvgIpc) is 2.72. The molecule has 106 valence electrons. The number of carbonyl (C=O) groups is 1. The second-order valence-corrected chi connectivity index (χ2v) is 5.71. The fourth-order valence-corrected chi connectivity index (χ4v) is 3.44. The fourth-order valence-electron chi connectivity index (χ4n) is 3.44. The van der Waals surface area contributed by atoms with Gasteiger partial charge in [-0.3, -0.25) is 4.79 Å². The lowest BCUT2D eigenvalue weighted by Crippen LogP contribution is -2.40. The van der Waals surface area contributed by atoms with Gasteiger partial charge in [0.1, 0.15) is 0 Å². The number of rotatable bonds is 3. The van der Waals surface area contributed by atoms with Crippen LogP contribution in [0.3, 0.4) is 0 Å². The largest absolute Gasteiger partial charge is 0.314 e. The Morgan fingerprint density at radius 2 is 1.71 bits per heavy atom. The van der Waals surface area contributed by atoms with Crippen LogP contribution in [0, 0.1) is 0 Å². The molecule has 21 heavy (non-hydrogen) atoms. The third kappa shape index (κ3) is 1.83. The van der Waals surface area contributed by atoms with E-state index in [1.807, 2.05) is 56.4 Å². The molecule has 0 unspecified atom stereocenters. The Kier molecular flexibility index (Phi) is 3.17. The van der Waals surface area contributed by atoms with Crippen molar-refractivity contribution in [3.8, 4) is 0 Å². The van der Waals surface area contributed by atoms with Crippen LogP contribution in [-0.2, 0) is 10.2 Å². The van der Waals surface area contributed by atoms with Gasteiger partial charge in [-0.05, 0) is 24.1 Å². The van der Waals surface area contributed by atoms with Gasteiger partial charge >= 0.3 is 0 Å². The molecule has 0 spiro atoms. The highest BCUT2D eigenvalue weighted by Gasteiger charge is 2.50. The van der Waals surface area contributed by atoms with E-state index >= 15 is 0 Å². The van der Waals surface area contributed by atoms with E-state index in [2.05, 4.69) is 24.8 Å². The third-order valence-corrected chi connectivity index (χ3v) is 4.59. The van der Waals surface area contributed by atoms with Crippen LogP contribution in [0.4, 0.5) is 5.69 Å². The summed E-state index contributed by atoms with van der Waals surface area (Å²) in [5, 5.41) is 0. The van der Waals surface area contributed by atoms with E-state index in [9.17, 15) is 4.79 Å². The number of hydrogen-bond acceptors (Lipinski definition) is 1. The van der Waals surface area contributed by atoms with E-state index in [0.29, 0.717) is 0 Å². The Labute approximate surface area is 125 Å². The molecule has 2 nitrogen and oxygen atoms in total. The predicted molar refractivity (Wildman–Crippen MR) is 86.6 cm³/mol. The van der Waals surface area contributed by atoms with Crippen molar-refractivity contribution >= 4 is 11.6 Å². The van der Waals surface area contributed by atoms with E-state index < -0.39 is 5.41 Å². The maximum atomic E-state index is 12.9. The molecule has 0 N–H and O–H groups in total. The summed E-state index contributed by atoms with van der Waals surface area (Å²) >= 11 is 0. The monoisotopic (exact) mass is 277 g/mol. The molecule has 0 saturated heterocycles. The fraction of sp³-hybridized carbons (Fsp3) is 0.211. The van der Waals surface area contributed by atoms with Gasteiger partial charge in [0.25, 0.3) is 0 Å². The minimum atomic E-state index is -0.603. The number of benzene rings is 2. The van der Waals surface area contributed by atoms with Crippen LogP contribution < -0.4 is 4.90 Å². The average molecular weight is 277 g/mol. The van der Waals surface area contributed by atoms with Crippen LogP contribution in [0.15, 0.2) is 67.3 Å². The van der Waals surface area contributed by atoms with Crippen molar-refractivity contribution in [1.29, 1.82) is 0 Å². The predicted octanol–water partition coefficient (Wildman–Crippen LogP) is 3.89. The van der Waals surface area contributed by atoms with Crippen molar-refractivity contribution in [1.82, 2.24) is 0 Å². The zero-order valence-corrected chi connectivity index (χ0v) is 12.4. The molecule has 1 aliphatic rings. The highest BCUT2D eigenvalue weighted by atomic mass is 16.2. The number of likely N-dealkylation sites (N-methyl/N-ethyl adjacent to an activating group) is 1. The topological polar surface area (TPSA) is 20.3 Å². The second-order valence-electron chi connectivity index (χ2n) is 5.71. The summed E-state index contributed by atoms with van der Waals surface area (Å²) < 4.78 is 0. The lowest BCUT2D eigenvalue weighted by molar-refractivity contribution is -0.122. The molecule has 1 aliphatic heterocycles. The van der Waals surface area contributed by atoms with E-state index in [1.165, 1.54) is 0 Å². The molecule has 0 aliphatic carbocycles. The number of fused-ring (bicyclic) bond motifs is 1. The summed E-state index contributed by atoms with van der Waals surface area (Å²) in [6.07, 6.45) is 1.89. The summed E-state index contributed by atoms with van der Waals surface area (Å²) in [4.78, 5) is 14.7. The van der Waals surface area contributed by atoms with Crippen molar-refractivity contribution in [3.05, 3.63) is 78.4 Å².